The molecule has 7 heteroatoms. The fraction of sp³-hybridized carbons (Fsp3) is 0.250. The summed E-state index contributed by atoms with van der Waals surface area (Å²) >= 11 is 6.04. The molecule has 0 spiro atoms. The van der Waals surface area contributed by atoms with Crippen molar-refractivity contribution in [2.24, 2.45) is 0 Å². The van der Waals surface area contributed by atoms with Gasteiger partial charge in [0.2, 0.25) is 0 Å². The number of aryl methyl sites for hydroxylation is 1. The lowest BCUT2D eigenvalue weighted by atomic mass is 10.2. The molecule has 0 radical (unpaired) electrons. The van der Waals surface area contributed by atoms with Crippen molar-refractivity contribution in [3.63, 3.8) is 0 Å². The molecule has 3 aromatic rings. The van der Waals surface area contributed by atoms with Gasteiger partial charge in [-0.05, 0) is 31.2 Å². The van der Waals surface area contributed by atoms with E-state index in [1.807, 2.05) is 54.3 Å². The Balaban J connectivity index is 1.51. The first kappa shape index (κ1) is 17.5. The highest BCUT2D eigenvalue weighted by Crippen LogP contribution is 2.21. The summed E-state index contributed by atoms with van der Waals surface area (Å²) in [4.78, 5) is 21.3. The van der Waals surface area contributed by atoms with Gasteiger partial charge in [-0.3, -0.25) is 9.78 Å². The second kappa shape index (κ2) is 7.40. The number of rotatable bonds is 3. The van der Waals surface area contributed by atoms with Gasteiger partial charge >= 0.3 is 0 Å². The van der Waals surface area contributed by atoms with E-state index in [1.165, 1.54) is 0 Å². The van der Waals surface area contributed by atoms with Crippen LogP contribution in [0, 0.1) is 6.92 Å². The standard InChI is InChI=1S/C20H20ClN5O/c1-15-11-19(26(23-15)17-5-3-2-4-6-17)20(27)25-9-7-24(8-10-25)18-12-16(21)13-22-14-18/h2-6,11-14H,7-10H2,1H3. The van der Waals surface area contributed by atoms with E-state index in [-0.39, 0.29) is 5.91 Å². The summed E-state index contributed by atoms with van der Waals surface area (Å²) < 4.78 is 1.73. The summed E-state index contributed by atoms with van der Waals surface area (Å²) in [6.45, 7) is 4.67. The minimum Gasteiger partial charge on any atom is -0.367 e. The SMILES string of the molecule is Cc1cc(C(=O)N2CCN(c3cncc(Cl)c3)CC2)n(-c2ccccc2)n1. The molecular formula is C20H20ClN5O. The molecule has 0 aliphatic carbocycles. The molecular weight excluding hydrogens is 362 g/mol. The maximum Gasteiger partial charge on any atom is 0.272 e. The maximum absolute atomic E-state index is 13.1. The Hall–Kier alpha value is -2.86. The Bertz CT molecular complexity index is 948. The van der Waals surface area contributed by atoms with Gasteiger partial charge in [-0.15, -0.1) is 0 Å². The molecule has 4 rings (SSSR count). The predicted molar refractivity (Wildman–Crippen MR) is 106 cm³/mol. The number of benzene rings is 1. The molecule has 6 nitrogen and oxygen atoms in total. The molecule has 3 heterocycles. The summed E-state index contributed by atoms with van der Waals surface area (Å²) in [5, 5.41) is 5.12. The molecule has 1 aromatic carbocycles. The molecule has 0 bridgehead atoms. The van der Waals surface area contributed by atoms with Crippen LogP contribution in [0.3, 0.4) is 0 Å². The number of hydrogen-bond acceptors (Lipinski definition) is 4. The van der Waals surface area contributed by atoms with Crippen LogP contribution >= 0.6 is 11.6 Å². The zero-order chi connectivity index (χ0) is 18.8. The fourth-order valence-corrected chi connectivity index (χ4v) is 3.49. The van der Waals surface area contributed by atoms with Crippen molar-refractivity contribution in [1.29, 1.82) is 0 Å². The van der Waals surface area contributed by atoms with Crippen molar-refractivity contribution in [3.05, 3.63) is 71.3 Å². The number of pyridine rings is 1. The summed E-state index contributed by atoms with van der Waals surface area (Å²) in [6, 6.07) is 13.5. The quantitative estimate of drug-likeness (QED) is 0.699. The highest BCUT2D eigenvalue weighted by Gasteiger charge is 2.25. The smallest absolute Gasteiger partial charge is 0.272 e. The maximum atomic E-state index is 13.1. The van der Waals surface area contributed by atoms with E-state index in [1.54, 1.807) is 17.1 Å². The van der Waals surface area contributed by atoms with Gasteiger partial charge < -0.3 is 9.80 Å². The van der Waals surface area contributed by atoms with E-state index in [0.29, 0.717) is 23.8 Å². The van der Waals surface area contributed by atoms with Crippen LogP contribution in [0.25, 0.3) is 5.69 Å². The molecule has 0 unspecified atom stereocenters. The van der Waals surface area contributed by atoms with Crippen LogP contribution in [-0.2, 0) is 0 Å². The summed E-state index contributed by atoms with van der Waals surface area (Å²) in [5.74, 6) is 0.00308. The topological polar surface area (TPSA) is 54.3 Å². The highest BCUT2D eigenvalue weighted by molar-refractivity contribution is 6.30. The number of halogens is 1. The van der Waals surface area contributed by atoms with Gasteiger partial charge in [-0.1, -0.05) is 29.8 Å². The van der Waals surface area contributed by atoms with Crippen LogP contribution in [0.15, 0.2) is 54.9 Å². The number of piperazine rings is 1. The van der Waals surface area contributed by atoms with Crippen LogP contribution < -0.4 is 4.90 Å². The average molecular weight is 382 g/mol. The third-order valence-corrected chi connectivity index (χ3v) is 4.88. The number of aromatic nitrogens is 3. The summed E-state index contributed by atoms with van der Waals surface area (Å²) in [7, 11) is 0. The van der Waals surface area contributed by atoms with Crippen LogP contribution in [-0.4, -0.2) is 51.8 Å². The summed E-state index contributed by atoms with van der Waals surface area (Å²) in [5.41, 5.74) is 3.29. The third-order valence-electron chi connectivity index (χ3n) is 4.67. The molecule has 1 saturated heterocycles. The monoisotopic (exact) mass is 381 g/mol. The number of amides is 1. The number of hydrogen-bond donors (Lipinski definition) is 0. The molecule has 1 aliphatic rings. The van der Waals surface area contributed by atoms with E-state index >= 15 is 0 Å². The molecule has 1 aliphatic heterocycles. The van der Waals surface area contributed by atoms with Gasteiger partial charge in [-0.2, -0.15) is 5.10 Å². The normalized spacial score (nSPS) is 14.4. The van der Waals surface area contributed by atoms with E-state index in [4.69, 9.17) is 11.6 Å². The minimum atomic E-state index is 0.00308. The average Bonchev–Trinajstić information content (AvgIpc) is 3.10. The van der Waals surface area contributed by atoms with Crippen molar-refractivity contribution >= 4 is 23.2 Å². The Morgan fingerprint density at radius 1 is 1.00 bits per heavy atom. The van der Waals surface area contributed by atoms with Gasteiger partial charge in [0.1, 0.15) is 5.69 Å². The second-order valence-corrected chi connectivity index (χ2v) is 7.00. The zero-order valence-corrected chi connectivity index (χ0v) is 15.8. The molecule has 0 saturated carbocycles. The van der Waals surface area contributed by atoms with Crippen molar-refractivity contribution in [2.45, 2.75) is 6.92 Å². The van der Waals surface area contributed by atoms with Gasteiger partial charge in [0.15, 0.2) is 0 Å². The molecule has 1 amide bonds. The van der Waals surface area contributed by atoms with Crippen molar-refractivity contribution in [3.8, 4) is 5.69 Å². The van der Waals surface area contributed by atoms with Gasteiger partial charge in [0.05, 0.1) is 28.3 Å². The Morgan fingerprint density at radius 2 is 1.74 bits per heavy atom. The molecule has 0 atom stereocenters. The number of carbonyl (C=O) groups is 1. The number of anilines is 1. The minimum absolute atomic E-state index is 0.00308. The van der Waals surface area contributed by atoms with E-state index in [0.717, 1.165) is 30.2 Å². The first-order chi connectivity index (χ1) is 13.1. The van der Waals surface area contributed by atoms with Gasteiger partial charge in [0, 0.05) is 32.4 Å². The Labute approximate surface area is 163 Å². The molecule has 27 heavy (non-hydrogen) atoms. The lowest BCUT2D eigenvalue weighted by Crippen LogP contribution is -2.49. The summed E-state index contributed by atoms with van der Waals surface area (Å²) in [6.07, 6.45) is 3.43. The predicted octanol–water partition coefficient (Wildman–Crippen LogP) is 3.19. The van der Waals surface area contributed by atoms with Crippen LogP contribution in [0.4, 0.5) is 5.69 Å². The third kappa shape index (κ3) is 3.66. The lowest BCUT2D eigenvalue weighted by Gasteiger charge is -2.36. The number of carbonyl (C=O) groups excluding carboxylic acids is 1. The largest absolute Gasteiger partial charge is 0.367 e. The fourth-order valence-electron chi connectivity index (χ4n) is 3.32. The van der Waals surface area contributed by atoms with Gasteiger partial charge in [0.25, 0.3) is 5.91 Å². The molecule has 138 valence electrons. The molecule has 1 fully saturated rings. The van der Waals surface area contributed by atoms with Crippen LogP contribution in [0.5, 0.6) is 0 Å². The molecule has 2 aromatic heterocycles. The zero-order valence-electron chi connectivity index (χ0n) is 15.0. The second-order valence-electron chi connectivity index (χ2n) is 6.56. The Morgan fingerprint density at radius 3 is 2.44 bits per heavy atom. The van der Waals surface area contributed by atoms with E-state index in [9.17, 15) is 4.79 Å². The Kier molecular flexibility index (Phi) is 4.81. The number of nitrogens with zero attached hydrogens (tertiary/aromatic N) is 5. The lowest BCUT2D eigenvalue weighted by molar-refractivity contribution is 0.0737. The van der Waals surface area contributed by atoms with Crippen LogP contribution in [0.1, 0.15) is 16.2 Å². The number of para-hydroxylation sites is 1. The van der Waals surface area contributed by atoms with Crippen LogP contribution in [0.2, 0.25) is 5.02 Å². The molecule has 0 N–H and O–H groups in total. The van der Waals surface area contributed by atoms with Crippen molar-refractivity contribution in [1.82, 2.24) is 19.7 Å². The van der Waals surface area contributed by atoms with Crippen molar-refractivity contribution in [2.75, 3.05) is 31.1 Å². The van der Waals surface area contributed by atoms with Crippen molar-refractivity contribution < 1.29 is 4.79 Å². The highest BCUT2D eigenvalue weighted by atomic mass is 35.5. The van der Waals surface area contributed by atoms with E-state index in [2.05, 4.69) is 15.0 Å². The van der Waals surface area contributed by atoms with Gasteiger partial charge in [-0.25, -0.2) is 4.68 Å². The first-order valence-electron chi connectivity index (χ1n) is 8.89. The van der Waals surface area contributed by atoms with E-state index < -0.39 is 0 Å². The first-order valence-corrected chi connectivity index (χ1v) is 9.26.